The molecule has 19 heavy (non-hydrogen) atoms. The van der Waals surface area contributed by atoms with E-state index >= 15 is 0 Å². The molecule has 0 bridgehead atoms. The summed E-state index contributed by atoms with van der Waals surface area (Å²) in [6.07, 6.45) is 0. The summed E-state index contributed by atoms with van der Waals surface area (Å²) in [5.74, 6) is -0.0135. The maximum absolute atomic E-state index is 13.3. The highest BCUT2D eigenvalue weighted by Crippen LogP contribution is 2.26. The third-order valence-electron chi connectivity index (χ3n) is 2.94. The van der Waals surface area contributed by atoms with Crippen LogP contribution in [0.3, 0.4) is 0 Å². The monoisotopic (exact) mass is 323 g/mol. The van der Waals surface area contributed by atoms with Crippen LogP contribution < -0.4 is 4.90 Å². The third kappa shape index (κ3) is 3.47. The molecule has 0 aliphatic heterocycles. The minimum Gasteiger partial charge on any atom is -0.507 e. The lowest BCUT2D eigenvalue weighted by molar-refractivity contribution is 0.471. The minimum atomic E-state index is -0.233. The second-order valence-electron chi connectivity index (χ2n) is 4.28. The molecule has 100 valence electrons. The number of anilines is 1. The quantitative estimate of drug-likeness (QED) is 0.905. The van der Waals surface area contributed by atoms with Crippen LogP contribution in [-0.4, -0.2) is 11.7 Å². The van der Waals surface area contributed by atoms with E-state index in [1.807, 2.05) is 25.1 Å². The van der Waals surface area contributed by atoms with Crippen LogP contribution >= 0.6 is 15.9 Å². The summed E-state index contributed by atoms with van der Waals surface area (Å²) in [5, 5.41) is 9.48. The van der Waals surface area contributed by atoms with Crippen molar-refractivity contribution >= 4 is 21.6 Å². The van der Waals surface area contributed by atoms with Crippen LogP contribution in [0.15, 0.2) is 46.9 Å². The predicted octanol–water partition coefficient (Wildman–Crippen LogP) is 4.32. The zero-order valence-corrected chi connectivity index (χ0v) is 12.2. The van der Waals surface area contributed by atoms with Gasteiger partial charge < -0.3 is 10.0 Å². The highest BCUT2D eigenvalue weighted by atomic mass is 79.9. The summed E-state index contributed by atoms with van der Waals surface area (Å²) < 4.78 is 13.9. The fraction of sp³-hybridized carbons (Fsp3) is 0.200. The highest BCUT2D eigenvalue weighted by molar-refractivity contribution is 9.10. The van der Waals surface area contributed by atoms with Crippen LogP contribution in [0.25, 0.3) is 0 Å². The molecule has 0 aromatic heterocycles. The van der Waals surface area contributed by atoms with Crippen molar-refractivity contribution in [3.05, 3.63) is 58.3 Å². The maximum Gasteiger partial charge on any atom is 0.129 e. The molecular weight excluding hydrogens is 309 g/mol. The average molecular weight is 324 g/mol. The summed E-state index contributed by atoms with van der Waals surface area (Å²) in [6.45, 7) is 3.47. The first-order valence-electron chi connectivity index (χ1n) is 6.08. The van der Waals surface area contributed by atoms with Gasteiger partial charge in [0, 0.05) is 18.8 Å². The molecule has 0 heterocycles. The number of halogens is 2. The number of phenols is 1. The topological polar surface area (TPSA) is 23.5 Å². The molecule has 0 aliphatic carbocycles. The summed E-state index contributed by atoms with van der Waals surface area (Å²) in [5.41, 5.74) is 1.91. The highest BCUT2D eigenvalue weighted by Gasteiger charge is 2.07. The van der Waals surface area contributed by atoms with Crippen LogP contribution in [0.5, 0.6) is 5.75 Å². The molecule has 0 spiro atoms. The molecular formula is C15H15BrFNO. The molecule has 0 aliphatic rings. The summed E-state index contributed by atoms with van der Waals surface area (Å²) >= 11 is 3.30. The number of nitrogens with zero attached hydrogens (tertiary/aromatic N) is 1. The first-order valence-corrected chi connectivity index (χ1v) is 6.87. The zero-order valence-electron chi connectivity index (χ0n) is 10.6. The van der Waals surface area contributed by atoms with Gasteiger partial charge in [-0.1, -0.05) is 12.1 Å². The van der Waals surface area contributed by atoms with E-state index in [-0.39, 0.29) is 11.6 Å². The molecule has 2 rings (SSSR count). The number of hydrogen-bond acceptors (Lipinski definition) is 2. The Morgan fingerprint density at radius 1 is 1.21 bits per heavy atom. The van der Waals surface area contributed by atoms with E-state index in [1.165, 1.54) is 12.1 Å². The van der Waals surface area contributed by atoms with Crippen LogP contribution in [0.4, 0.5) is 10.1 Å². The van der Waals surface area contributed by atoms with Gasteiger partial charge in [-0.15, -0.1) is 0 Å². The van der Waals surface area contributed by atoms with Crippen molar-refractivity contribution in [1.82, 2.24) is 0 Å². The largest absolute Gasteiger partial charge is 0.507 e. The van der Waals surface area contributed by atoms with Crippen molar-refractivity contribution in [2.75, 3.05) is 11.4 Å². The molecule has 4 heteroatoms. The van der Waals surface area contributed by atoms with Gasteiger partial charge in [-0.3, -0.25) is 0 Å². The lowest BCUT2D eigenvalue weighted by Gasteiger charge is -2.23. The Morgan fingerprint density at radius 2 is 2.00 bits per heavy atom. The fourth-order valence-electron chi connectivity index (χ4n) is 1.93. The van der Waals surface area contributed by atoms with Crippen LogP contribution in [-0.2, 0) is 6.54 Å². The molecule has 0 amide bonds. The number of phenolic OH excluding ortho intramolecular Hbond substituents is 1. The SMILES string of the molecule is CCN(Cc1ccc(O)c(Br)c1)c1cccc(F)c1. The third-order valence-corrected chi connectivity index (χ3v) is 3.58. The van der Waals surface area contributed by atoms with Crippen molar-refractivity contribution in [2.45, 2.75) is 13.5 Å². The van der Waals surface area contributed by atoms with Crippen LogP contribution in [0.2, 0.25) is 0 Å². The normalized spacial score (nSPS) is 10.5. The number of rotatable bonds is 4. The van der Waals surface area contributed by atoms with E-state index in [2.05, 4.69) is 20.8 Å². The van der Waals surface area contributed by atoms with E-state index < -0.39 is 0 Å². The molecule has 1 N–H and O–H groups in total. The molecule has 0 radical (unpaired) electrons. The lowest BCUT2D eigenvalue weighted by Crippen LogP contribution is -2.22. The second-order valence-corrected chi connectivity index (χ2v) is 5.13. The van der Waals surface area contributed by atoms with Gasteiger partial charge in [0.15, 0.2) is 0 Å². The molecule has 0 saturated carbocycles. The number of benzene rings is 2. The Labute approximate surface area is 120 Å². The van der Waals surface area contributed by atoms with Gasteiger partial charge >= 0.3 is 0 Å². The maximum atomic E-state index is 13.3. The Morgan fingerprint density at radius 3 is 2.63 bits per heavy atom. The lowest BCUT2D eigenvalue weighted by atomic mass is 10.2. The van der Waals surface area contributed by atoms with Gasteiger partial charge in [-0.2, -0.15) is 0 Å². The van der Waals surface area contributed by atoms with Crippen molar-refractivity contribution < 1.29 is 9.50 Å². The Hall–Kier alpha value is -1.55. The van der Waals surface area contributed by atoms with Crippen molar-refractivity contribution in [2.24, 2.45) is 0 Å². The molecule has 0 unspecified atom stereocenters. The summed E-state index contributed by atoms with van der Waals surface area (Å²) in [4.78, 5) is 2.07. The van der Waals surface area contributed by atoms with Gasteiger partial charge in [0.1, 0.15) is 11.6 Å². The summed E-state index contributed by atoms with van der Waals surface area (Å²) in [6, 6.07) is 12.0. The second kappa shape index (κ2) is 6.06. The Bertz CT molecular complexity index is 574. The zero-order chi connectivity index (χ0) is 13.8. The van der Waals surface area contributed by atoms with Crippen molar-refractivity contribution in [3.8, 4) is 5.75 Å². The smallest absolute Gasteiger partial charge is 0.129 e. The summed E-state index contributed by atoms with van der Waals surface area (Å²) in [7, 11) is 0. The molecule has 0 atom stereocenters. The average Bonchev–Trinajstić information content (AvgIpc) is 2.40. The van der Waals surface area contributed by atoms with Crippen molar-refractivity contribution in [3.63, 3.8) is 0 Å². The standard InChI is InChI=1S/C15H15BrFNO/c1-2-18(13-5-3-4-12(17)9-13)10-11-6-7-15(19)14(16)8-11/h3-9,19H,2,10H2,1H3. The van der Waals surface area contributed by atoms with Gasteiger partial charge in [0.25, 0.3) is 0 Å². The fourth-order valence-corrected chi connectivity index (χ4v) is 2.35. The molecule has 2 aromatic rings. The Balaban J connectivity index is 2.21. The van der Waals surface area contributed by atoms with Crippen LogP contribution in [0, 0.1) is 5.82 Å². The molecule has 2 nitrogen and oxygen atoms in total. The van der Waals surface area contributed by atoms with Gasteiger partial charge in [-0.25, -0.2) is 4.39 Å². The van der Waals surface area contributed by atoms with Gasteiger partial charge in [0.05, 0.1) is 4.47 Å². The van der Waals surface area contributed by atoms with Gasteiger partial charge in [-0.05, 0) is 58.7 Å². The van der Waals surface area contributed by atoms with E-state index in [9.17, 15) is 9.50 Å². The van der Waals surface area contributed by atoms with E-state index in [0.717, 1.165) is 17.8 Å². The number of hydrogen-bond donors (Lipinski definition) is 1. The van der Waals surface area contributed by atoms with Gasteiger partial charge in [0.2, 0.25) is 0 Å². The molecule has 0 fully saturated rings. The predicted molar refractivity (Wildman–Crippen MR) is 78.9 cm³/mol. The van der Waals surface area contributed by atoms with Crippen LogP contribution in [0.1, 0.15) is 12.5 Å². The molecule has 2 aromatic carbocycles. The van der Waals surface area contributed by atoms with E-state index in [1.54, 1.807) is 12.1 Å². The van der Waals surface area contributed by atoms with E-state index in [4.69, 9.17) is 0 Å². The number of aromatic hydroxyl groups is 1. The Kier molecular flexibility index (Phi) is 4.43. The van der Waals surface area contributed by atoms with E-state index in [0.29, 0.717) is 11.0 Å². The molecule has 0 saturated heterocycles. The first-order chi connectivity index (χ1) is 9.10. The first kappa shape index (κ1) is 13.9. The minimum absolute atomic E-state index is 0.220. The van der Waals surface area contributed by atoms with Crippen molar-refractivity contribution in [1.29, 1.82) is 0 Å².